The van der Waals surface area contributed by atoms with Crippen molar-refractivity contribution in [2.75, 3.05) is 37.6 Å². The third kappa shape index (κ3) is 6.15. The van der Waals surface area contributed by atoms with Crippen molar-refractivity contribution in [3.05, 3.63) is 88.1 Å². The van der Waals surface area contributed by atoms with Gasteiger partial charge in [0, 0.05) is 56.7 Å². The van der Waals surface area contributed by atoms with Crippen LogP contribution in [0.4, 0.5) is 14.6 Å². The molecule has 1 aromatic heterocycles. The van der Waals surface area contributed by atoms with Crippen molar-refractivity contribution in [1.29, 1.82) is 5.26 Å². The van der Waals surface area contributed by atoms with Crippen molar-refractivity contribution in [1.82, 2.24) is 20.0 Å². The maximum absolute atomic E-state index is 15.0. The van der Waals surface area contributed by atoms with Crippen LogP contribution >= 0.6 is 11.6 Å². The Hall–Kier alpha value is -4.10. The van der Waals surface area contributed by atoms with Gasteiger partial charge in [-0.3, -0.25) is 9.59 Å². The smallest absolute Gasteiger partial charge is 0.228 e. The highest BCUT2D eigenvalue weighted by atomic mass is 35.5. The van der Waals surface area contributed by atoms with Gasteiger partial charge in [-0.15, -0.1) is 10.2 Å². The third-order valence-electron chi connectivity index (χ3n) is 7.95. The number of nitriles is 1. The molecule has 41 heavy (non-hydrogen) atoms. The Morgan fingerprint density at radius 1 is 1.00 bits per heavy atom. The summed E-state index contributed by atoms with van der Waals surface area (Å²) in [7, 11) is 0. The first-order chi connectivity index (χ1) is 19.7. The van der Waals surface area contributed by atoms with Crippen molar-refractivity contribution in [3.63, 3.8) is 0 Å². The average molecular weight is 579 g/mol. The molecule has 0 bridgehead atoms. The Bertz CT molecular complexity index is 1460. The van der Waals surface area contributed by atoms with Gasteiger partial charge in [-0.1, -0.05) is 29.8 Å². The molecule has 11 heteroatoms. The fourth-order valence-electron chi connectivity index (χ4n) is 5.90. The molecule has 3 heterocycles. The summed E-state index contributed by atoms with van der Waals surface area (Å²) in [4.78, 5) is 32.1. The third-order valence-corrected chi connectivity index (χ3v) is 8.20. The normalized spacial score (nSPS) is 21.2. The highest BCUT2D eigenvalue weighted by Crippen LogP contribution is 2.38. The van der Waals surface area contributed by atoms with Crippen LogP contribution in [0.25, 0.3) is 0 Å². The molecule has 3 aromatic rings. The van der Waals surface area contributed by atoms with E-state index in [1.54, 1.807) is 15.9 Å². The van der Waals surface area contributed by atoms with Crippen LogP contribution in [0.15, 0.2) is 54.6 Å². The number of hydrogen-bond acceptors (Lipinski definition) is 6. The quantitative estimate of drug-likeness (QED) is 0.445. The molecule has 1 unspecified atom stereocenters. The number of aromatic nitrogens is 2. The van der Waals surface area contributed by atoms with E-state index in [9.17, 15) is 18.4 Å². The monoisotopic (exact) mass is 578 g/mol. The van der Waals surface area contributed by atoms with Crippen LogP contribution < -0.4 is 4.90 Å². The second-order valence-electron chi connectivity index (χ2n) is 10.4. The number of amides is 2. The van der Waals surface area contributed by atoms with Crippen molar-refractivity contribution >= 4 is 29.2 Å². The number of rotatable bonds is 4. The van der Waals surface area contributed by atoms with E-state index in [0.29, 0.717) is 43.3 Å². The van der Waals surface area contributed by atoms with E-state index in [1.165, 1.54) is 25.1 Å². The first kappa shape index (κ1) is 28.4. The molecule has 0 spiro atoms. The molecule has 0 N–H and O–H groups in total. The molecule has 212 valence electrons. The summed E-state index contributed by atoms with van der Waals surface area (Å²) in [5.74, 6) is -2.37. The molecule has 2 saturated heterocycles. The summed E-state index contributed by atoms with van der Waals surface area (Å²) < 4.78 is 28.7. The number of carbonyl (C=O) groups is 2. The first-order valence-corrected chi connectivity index (χ1v) is 13.9. The molecule has 3 atom stereocenters. The second-order valence-corrected chi connectivity index (χ2v) is 10.9. The Kier molecular flexibility index (Phi) is 8.45. The van der Waals surface area contributed by atoms with Gasteiger partial charge in [-0.2, -0.15) is 5.26 Å². The number of anilines is 1. The van der Waals surface area contributed by atoms with Gasteiger partial charge in [0.1, 0.15) is 17.7 Å². The molecule has 2 amide bonds. The number of halogens is 3. The molecule has 2 aromatic carbocycles. The molecule has 5 rings (SSSR count). The molecule has 2 aliphatic rings. The minimum Gasteiger partial charge on any atom is -0.354 e. The molecular weight excluding hydrogens is 550 g/mol. The van der Waals surface area contributed by atoms with E-state index in [1.807, 2.05) is 35.2 Å². The molecule has 0 saturated carbocycles. The van der Waals surface area contributed by atoms with Crippen LogP contribution in [-0.2, 0) is 9.59 Å². The Morgan fingerprint density at radius 2 is 1.78 bits per heavy atom. The summed E-state index contributed by atoms with van der Waals surface area (Å²) in [6.07, 6.45) is 1.33. The van der Waals surface area contributed by atoms with Crippen LogP contribution in [0.1, 0.15) is 48.5 Å². The predicted octanol–water partition coefficient (Wildman–Crippen LogP) is 4.71. The highest BCUT2D eigenvalue weighted by molar-refractivity contribution is 6.30. The number of carbonyl (C=O) groups excluding carboxylic acids is 2. The topological polar surface area (TPSA) is 93.4 Å². The number of benzene rings is 2. The van der Waals surface area contributed by atoms with Gasteiger partial charge in [-0.25, -0.2) is 8.78 Å². The lowest BCUT2D eigenvalue weighted by Crippen LogP contribution is -2.47. The minimum absolute atomic E-state index is 0.0862. The van der Waals surface area contributed by atoms with Crippen molar-refractivity contribution in [2.45, 2.75) is 31.7 Å². The van der Waals surface area contributed by atoms with E-state index in [4.69, 9.17) is 16.9 Å². The Balaban J connectivity index is 1.39. The van der Waals surface area contributed by atoms with Gasteiger partial charge in [0.05, 0.1) is 12.0 Å². The zero-order chi connectivity index (χ0) is 29.1. The fraction of sp³-hybridized carbons (Fsp3) is 0.367. The minimum atomic E-state index is -0.707. The van der Waals surface area contributed by atoms with Crippen LogP contribution in [0, 0.1) is 28.9 Å². The lowest BCUT2D eigenvalue weighted by molar-refractivity contribution is -0.139. The summed E-state index contributed by atoms with van der Waals surface area (Å²) in [6.45, 7) is 3.21. The van der Waals surface area contributed by atoms with Gasteiger partial charge >= 0.3 is 0 Å². The summed E-state index contributed by atoms with van der Waals surface area (Å²) in [6, 6.07) is 15.9. The van der Waals surface area contributed by atoms with Crippen LogP contribution in [0.3, 0.4) is 0 Å². The van der Waals surface area contributed by atoms with Crippen molar-refractivity contribution in [2.24, 2.45) is 5.92 Å². The van der Waals surface area contributed by atoms with Crippen LogP contribution in [-0.4, -0.2) is 64.5 Å². The maximum atomic E-state index is 15.0. The van der Waals surface area contributed by atoms with Gasteiger partial charge in [0.2, 0.25) is 11.8 Å². The van der Waals surface area contributed by atoms with Gasteiger partial charge in [0.25, 0.3) is 0 Å². The zero-order valence-electron chi connectivity index (χ0n) is 22.5. The van der Waals surface area contributed by atoms with Gasteiger partial charge in [0.15, 0.2) is 11.5 Å². The van der Waals surface area contributed by atoms with Crippen LogP contribution in [0.5, 0.6) is 0 Å². The van der Waals surface area contributed by atoms with Gasteiger partial charge in [-0.05, 0) is 54.3 Å². The van der Waals surface area contributed by atoms with E-state index < -0.39 is 23.5 Å². The first-order valence-electron chi connectivity index (χ1n) is 13.5. The molecule has 2 fully saturated rings. The van der Waals surface area contributed by atoms with Gasteiger partial charge < -0.3 is 14.7 Å². The Morgan fingerprint density at radius 3 is 2.44 bits per heavy atom. The van der Waals surface area contributed by atoms with E-state index in [-0.39, 0.29) is 42.2 Å². The van der Waals surface area contributed by atoms with E-state index in [0.717, 1.165) is 11.6 Å². The largest absolute Gasteiger partial charge is 0.354 e. The standard InChI is InChI=1S/C30H29ClF2N6O2/c1-19(40)39-14-13-37(12-2-3-28(39)20-4-6-21(31)7-5-20)30(41)26-18-38(29-11-9-23(16-34)35-36-29)17-25(26)24-10-8-22(32)15-27(24)33/h4-11,15,25-26,28H,2-3,12-14,17-18H2,1H3/t25-,26?,28-/m0/s1. The maximum Gasteiger partial charge on any atom is 0.228 e. The predicted molar refractivity (Wildman–Crippen MR) is 149 cm³/mol. The van der Waals surface area contributed by atoms with Crippen molar-refractivity contribution in [3.8, 4) is 6.07 Å². The molecule has 8 nitrogen and oxygen atoms in total. The van der Waals surface area contributed by atoms with E-state index >= 15 is 0 Å². The van der Waals surface area contributed by atoms with E-state index in [2.05, 4.69) is 10.2 Å². The fourth-order valence-corrected chi connectivity index (χ4v) is 6.03. The molecular formula is C30H29ClF2N6O2. The summed E-state index contributed by atoms with van der Waals surface area (Å²) in [5, 5.41) is 17.7. The number of nitrogens with zero attached hydrogens (tertiary/aromatic N) is 6. The van der Waals surface area contributed by atoms with Crippen molar-refractivity contribution < 1.29 is 18.4 Å². The average Bonchev–Trinajstić information content (AvgIpc) is 3.38. The van der Waals surface area contributed by atoms with Crippen LogP contribution in [0.2, 0.25) is 5.02 Å². The lowest BCUT2D eigenvalue weighted by atomic mass is 9.87. The number of hydrogen-bond donors (Lipinski definition) is 0. The Labute approximate surface area is 242 Å². The highest BCUT2D eigenvalue weighted by Gasteiger charge is 2.42. The lowest BCUT2D eigenvalue weighted by Gasteiger charge is -2.38. The summed E-state index contributed by atoms with van der Waals surface area (Å²) >= 11 is 6.07. The zero-order valence-corrected chi connectivity index (χ0v) is 23.3. The SMILES string of the molecule is CC(=O)N1CCN(C(=O)C2CN(c3ccc(C#N)nn3)C[C@H]2c2ccc(F)cc2F)CCC[C@H]1c1ccc(Cl)cc1. The second kappa shape index (κ2) is 12.2. The molecule has 0 aliphatic carbocycles. The summed E-state index contributed by atoms with van der Waals surface area (Å²) in [5.41, 5.74) is 1.41. The molecule has 0 radical (unpaired) electrons. The molecule has 2 aliphatic heterocycles.